The van der Waals surface area contributed by atoms with E-state index >= 15 is 0 Å². The van der Waals surface area contributed by atoms with E-state index in [1.807, 2.05) is 11.0 Å². The van der Waals surface area contributed by atoms with E-state index in [0.29, 0.717) is 5.92 Å². The van der Waals surface area contributed by atoms with Gasteiger partial charge in [-0.25, -0.2) is 0 Å². The lowest BCUT2D eigenvalue weighted by Gasteiger charge is -2.35. The Balaban J connectivity index is 1.77. The van der Waals surface area contributed by atoms with Crippen molar-refractivity contribution in [1.29, 1.82) is 0 Å². The van der Waals surface area contributed by atoms with Gasteiger partial charge in [0, 0.05) is 31.7 Å². The fraction of sp³-hybridized carbons (Fsp3) is 0.562. The maximum atomic E-state index is 12.6. The number of carbonyl (C=O) groups is 1. The van der Waals surface area contributed by atoms with E-state index in [1.54, 1.807) is 0 Å². The zero-order valence-corrected chi connectivity index (χ0v) is 11.8. The summed E-state index contributed by atoms with van der Waals surface area (Å²) in [4.78, 5) is 14.6. The highest BCUT2D eigenvalue weighted by atomic mass is 16.2. The van der Waals surface area contributed by atoms with Crippen molar-refractivity contribution in [2.24, 2.45) is 11.8 Å². The number of carbonyl (C=O) groups excluding carboxylic acids is 1. The number of nitrogens with zero attached hydrogens (tertiary/aromatic N) is 1. The molecule has 0 radical (unpaired) electrons. The Labute approximate surface area is 115 Å². The van der Waals surface area contributed by atoms with Crippen molar-refractivity contribution in [1.82, 2.24) is 10.2 Å². The molecule has 3 heteroatoms. The molecule has 1 aromatic rings. The summed E-state index contributed by atoms with van der Waals surface area (Å²) in [5.41, 5.74) is 3.46. The Morgan fingerprint density at radius 1 is 1.21 bits per heavy atom. The smallest absolute Gasteiger partial charge is 0.253 e. The van der Waals surface area contributed by atoms with Gasteiger partial charge in [0.05, 0.1) is 0 Å². The average Bonchev–Trinajstić information content (AvgIpc) is 2.88. The fourth-order valence-corrected chi connectivity index (χ4v) is 3.06. The predicted octanol–water partition coefficient (Wildman–Crippen LogP) is 2.41. The van der Waals surface area contributed by atoms with Gasteiger partial charge in [-0.15, -0.1) is 0 Å². The van der Waals surface area contributed by atoms with E-state index in [2.05, 4.69) is 31.3 Å². The highest BCUT2D eigenvalue weighted by Crippen LogP contribution is 2.24. The lowest BCUT2D eigenvalue weighted by Crippen LogP contribution is -2.42. The molecule has 1 aromatic carbocycles. The Kier molecular flexibility index (Phi) is 3.31. The first-order valence-corrected chi connectivity index (χ1v) is 7.27. The number of hydrogen-bond donors (Lipinski definition) is 1. The first kappa shape index (κ1) is 12.7. The lowest BCUT2D eigenvalue weighted by molar-refractivity contribution is 0.0627. The molecule has 0 saturated carbocycles. The summed E-state index contributed by atoms with van der Waals surface area (Å²) in [5.74, 6) is 1.54. The third-order valence-corrected chi connectivity index (χ3v) is 4.71. The number of piperidine rings is 1. The molecule has 0 bridgehead atoms. The normalized spacial score (nSPS) is 26.3. The van der Waals surface area contributed by atoms with Crippen molar-refractivity contribution in [2.45, 2.75) is 33.4 Å². The summed E-state index contributed by atoms with van der Waals surface area (Å²) in [7, 11) is 0. The van der Waals surface area contributed by atoms with E-state index in [1.165, 1.54) is 11.1 Å². The molecule has 1 saturated heterocycles. The first-order chi connectivity index (χ1) is 9.15. The number of likely N-dealkylation sites (tertiary alicyclic amines) is 1. The van der Waals surface area contributed by atoms with E-state index in [9.17, 15) is 4.79 Å². The predicted molar refractivity (Wildman–Crippen MR) is 75.8 cm³/mol. The van der Waals surface area contributed by atoms with Crippen molar-refractivity contribution in [3.05, 3.63) is 34.9 Å². The SMILES string of the molecule is CC1CCN(C(=O)c2ccc3c(c2)CNC3)CC1C. The van der Waals surface area contributed by atoms with Gasteiger partial charge in [0.2, 0.25) is 0 Å². The lowest BCUT2D eigenvalue weighted by atomic mass is 9.88. The molecule has 19 heavy (non-hydrogen) atoms. The molecule has 0 aromatic heterocycles. The van der Waals surface area contributed by atoms with E-state index in [0.717, 1.165) is 44.1 Å². The number of amides is 1. The average molecular weight is 258 g/mol. The topological polar surface area (TPSA) is 32.3 Å². The summed E-state index contributed by atoms with van der Waals surface area (Å²) in [6, 6.07) is 6.15. The van der Waals surface area contributed by atoms with Crippen molar-refractivity contribution < 1.29 is 4.79 Å². The summed E-state index contributed by atoms with van der Waals surface area (Å²) in [6.45, 7) is 8.16. The van der Waals surface area contributed by atoms with Gasteiger partial charge in [-0.3, -0.25) is 4.79 Å². The van der Waals surface area contributed by atoms with Crippen molar-refractivity contribution >= 4 is 5.91 Å². The minimum absolute atomic E-state index is 0.202. The number of benzene rings is 1. The monoisotopic (exact) mass is 258 g/mol. The largest absolute Gasteiger partial charge is 0.338 e. The van der Waals surface area contributed by atoms with Gasteiger partial charge in [0.25, 0.3) is 5.91 Å². The number of nitrogens with one attached hydrogen (secondary N) is 1. The van der Waals surface area contributed by atoms with Gasteiger partial charge >= 0.3 is 0 Å². The highest BCUT2D eigenvalue weighted by Gasteiger charge is 2.27. The number of rotatable bonds is 1. The Hall–Kier alpha value is -1.35. The van der Waals surface area contributed by atoms with Crippen LogP contribution in [0.15, 0.2) is 18.2 Å². The third kappa shape index (κ3) is 2.39. The van der Waals surface area contributed by atoms with Crippen LogP contribution in [0.4, 0.5) is 0 Å². The van der Waals surface area contributed by atoms with Crippen LogP contribution in [-0.2, 0) is 13.1 Å². The molecule has 2 aliphatic rings. The second-order valence-electron chi connectivity index (χ2n) is 6.08. The molecule has 1 amide bonds. The van der Waals surface area contributed by atoms with E-state index in [4.69, 9.17) is 0 Å². The van der Waals surface area contributed by atoms with E-state index < -0.39 is 0 Å². The molecular formula is C16H22N2O. The minimum atomic E-state index is 0.202. The van der Waals surface area contributed by atoms with Crippen LogP contribution in [0.2, 0.25) is 0 Å². The summed E-state index contributed by atoms with van der Waals surface area (Å²) >= 11 is 0. The Bertz CT molecular complexity index is 498. The first-order valence-electron chi connectivity index (χ1n) is 7.27. The zero-order valence-electron chi connectivity index (χ0n) is 11.8. The summed E-state index contributed by atoms with van der Waals surface area (Å²) < 4.78 is 0. The van der Waals surface area contributed by atoms with E-state index in [-0.39, 0.29) is 5.91 Å². The second-order valence-corrected chi connectivity index (χ2v) is 6.08. The molecule has 2 aliphatic heterocycles. The third-order valence-electron chi connectivity index (χ3n) is 4.71. The van der Waals surface area contributed by atoms with Crippen LogP contribution < -0.4 is 5.32 Å². The van der Waals surface area contributed by atoms with Crippen molar-refractivity contribution in [3.63, 3.8) is 0 Å². The fourth-order valence-electron chi connectivity index (χ4n) is 3.06. The molecule has 3 rings (SSSR count). The zero-order chi connectivity index (χ0) is 13.4. The van der Waals surface area contributed by atoms with Gasteiger partial charge in [0.1, 0.15) is 0 Å². The Morgan fingerprint density at radius 2 is 2.00 bits per heavy atom. The molecule has 0 aliphatic carbocycles. The molecule has 2 unspecified atom stereocenters. The summed E-state index contributed by atoms with van der Waals surface area (Å²) in [6.07, 6.45) is 1.12. The molecule has 2 heterocycles. The molecule has 1 N–H and O–H groups in total. The van der Waals surface area contributed by atoms with Crippen LogP contribution in [0.1, 0.15) is 41.8 Å². The van der Waals surface area contributed by atoms with Crippen LogP contribution in [0, 0.1) is 11.8 Å². The van der Waals surface area contributed by atoms with Gasteiger partial charge in [-0.2, -0.15) is 0 Å². The molecule has 2 atom stereocenters. The molecule has 3 nitrogen and oxygen atoms in total. The van der Waals surface area contributed by atoms with Crippen molar-refractivity contribution in [2.75, 3.05) is 13.1 Å². The molecular weight excluding hydrogens is 236 g/mol. The Morgan fingerprint density at radius 3 is 2.79 bits per heavy atom. The van der Waals surface area contributed by atoms with Crippen molar-refractivity contribution in [3.8, 4) is 0 Å². The maximum absolute atomic E-state index is 12.6. The molecule has 1 fully saturated rings. The standard InChI is InChI=1S/C16H22N2O/c1-11-5-6-18(10-12(11)2)16(19)13-3-4-14-8-17-9-15(14)7-13/h3-4,7,11-12,17H,5-6,8-10H2,1-2H3. The van der Waals surface area contributed by atoms with Crippen LogP contribution in [0.5, 0.6) is 0 Å². The summed E-state index contributed by atoms with van der Waals surface area (Å²) in [5, 5.41) is 3.32. The van der Waals surface area contributed by atoms with Crippen LogP contribution in [-0.4, -0.2) is 23.9 Å². The molecule has 102 valence electrons. The van der Waals surface area contributed by atoms with Gasteiger partial charge in [0.15, 0.2) is 0 Å². The van der Waals surface area contributed by atoms with Gasteiger partial charge in [-0.1, -0.05) is 19.9 Å². The maximum Gasteiger partial charge on any atom is 0.253 e. The highest BCUT2D eigenvalue weighted by molar-refractivity contribution is 5.94. The number of fused-ring (bicyclic) bond motifs is 1. The second kappa shape index (κ2) is 4.97. The molecule has 0 spiro atoms. The number of hydrogen-bond acceptors (Lipinski definition) is 2. The quantitative estimate of drug-likeness (QED) is 0.839. The van der Waals surface area contributed by atoms with Gasteiger partial charge < -0.3 is 10.2 Å². The van der Waals surface area contributed by atoms with Crippen LogP contribution in [0.25, 0.3) is 0 Å². The van der Waals surface area contributed by atoms with Crippen LogP contribution in [0.3, 0.4) is 0 Å². The minimum Gasteiger partial charge on any atom is -0.338 e. The van der Waals surface area contributed by atoms with Crippen LogP contribution >= 0.6 is 0 Å². The van der Waals surface area contributed by atoms with Gasteiger partial charge in [-0.05, 0) is 41.5 Å².